The Morgan fingerprint density at radius 2 is 0.833 bits per heavy atom. The molecule has 0 fully saturated rings. The van der Waals surface area contributed by atoms with E-state index in [0.717, 1.165) is 35.6 Å². The molecule has 0 saturated heterocycles. The number of hydrogen-bond donors (Lipinski definition) is 0. The van der Waals surface area contributed by atoms with Gasteiger partial charge in [0.1, 0.15) is 0 Å². The SMILES string of the molecule is CN(/N=C/c1cc[n+](Cc2ccc(C[n+]3ccc(/C=N/N(C)c4ccccc4)cc3)cc2)cc1)c1ccccc1.[Cl-].[Cl-]. The molecule has 0 saturated carbocycles. The Morgan fingerprint density at radius 1 is 0.500 bits per heavy atom. The molecule has 0 bridgehead atoms. The second kappa shape index (κ2) is 16.1. The van der Waals surface area contributed by atoms with Gasteiger partial charge in [-0.3, -0.25) is 10.0 Å². The van der Waals surface area contributed by atoms with Crippen LogP contribution in [-0.4, -0.2) is 26.5 Å². The first-order valence-corrected chi connectivity index (χ1v) is 13.3. The summed E-state index contributed by atoms with van der Waals surface area (Å²) in [7, 11) is 3.91. The second-order valence-electron chi connectivity index (χ2n) is 9.63. The van der Waals surface area contributed by atoms with Gasteiger partial charge in [-0.25, -0.2) is 9.13 Å². The first-order chi connectivity index (χ1) is 19.6. The Morgan fingerprint density at radius 3 is 1.17 bits per heavy atom. The average molecular weight is 598 g/mol. The number of anilines is 2. The zero-order chi connectivity index (χ0) is 27.6. The summed E-state index contributed by atoms with van der Waals surface area (Å²) in [4.78, 5) is 0. The third kappa shape index (κ3) is 9.26. The zero-order valence-corrected chi connectivity index (χ0v) is 25.2. The molecule has 3 aromatic carbocycles. The molecular formula is C34H34Cl2N6. The summed E-state index contributed by atoms with van der Waals surface area (Å²) in [6.45, 7) is 1.64. The minimum atomic E-state index is 0. The summed E-state index contributed by atoms with van der Waals surface area (Å²) in [6, 6.07) is 37.4. The monoisotopic (exact) mass is 596 g/mol. The molecule has 5 aromatic rings. The summed E-state index contributed by atoms with van der Waals surface area (Å²) >= 11 is 0. The minimum absolute atomic E-state index is 0. The van der Waals surface area contributed by atoms with Crippen molar-refractivity contribution >= 4 is 23.8 Å². The van der Waals surface area contributed by atoms with E-state index in [0.29, 0.717) is 0 Å². The van der Waals surface area contributed by atoms with Crippen LogP contribution in [0.5, 0.6) is 0 Å². The van der Waals surface area contributed by atoms with Crippen LogP contribution in [0.1, 0.15) is 22.3 Å². The maximum absolute atomic E-state index is 4.54. The predicted molar refractivity (Wildman–Crippen MR) is 163 cm³/mol. The number of halogens is 2. The molecule has 0 N–H and O–H groups in total. The van der Waals surface area contributed by atoms with Crippen LogP contribution in [0.15, 0.2) is 144 Å². The van der Waals surface area contributed by atoms with Crippen LogP contribution < -0.4 is 44.0 Å². The van der Waals surface area contributed by atoms with Crippen molar-refractivity contribution in [3.8, 4) is 0 Å². The Bertz CT molecular complexity index is 1420. The van der Waals surface area contributed by atoms with E-state index in [1.807, 2.05) is 97.2 Å². The normalized spacial score (nSPS) is 10.7. The molecule has 0 atom stereocenters. The predicted octanol–water partition coefficient (Wildman–Crippen LogP) is -0.693. The van der Waals surface area contributed by atoms with E-state index in [1.54, 1.807) is 0 Å². The highest BCUT2D eigenvalue weighted by atomic mass is 35.5. The third-order valence-corrected chi connectivity index (χ3v) is 6.61. The number of aromatic nitrogens is 2. The lowest BCUT2D eigenvalue weighted by Crippen LogP contribution is -3.00. The lowest BCUT2D eigenvalue weighted by Gasteiger charge is -2.11. The number of pyridine rings is 2. The van der Waals surface area contributed by atoms with Crippen LogP contribution in [0.3, 0.4) is 0 Å². The number of benzene rings is 3. The quantitative estimate of drug-likeness (QED) is 0.122. The first-order valence-electron chi connectivity index (χ1n) is 13.3. The van der Waals surface area contributed by atoms with Gasteiger partial charge in [0.2, 0.25) is 0 Å². The summed E-state index contributed by atoms with van der Waals surface area (Å²) in [5, 5.41) is 12.8. The molecule has 0 radical (unpaired) electrons. The van der Waals surface area contributed by atoms with E-state index >= 15 is 0 Å². The molecule has 2 aromatic heterocycles. The molecule has 5 rings (SSSR count). The van der Waals surface area contributed by atoms with E-state index in [-0.39, 0.29) is 24.8 Å². The van der Waals surface area contributed by atoms with E-state index in [1.165, 1.54) is 11.1 Å². The number of para-hydroxylation sites is 2. The topological polar surface area (TPSA) is 39.0 Å². The minimum Gasteiger partial charge on any atom is -1.00 e. The van der Waals surface area contributed by atoms with Crippen molar-refractivity contribution in [1.29, 1.82) is 0 Å². The second-order valence-corrected chi connectivity index (χ2v) is 9.63. The molecule has 0 aliphatic carbocycles. The Kier molecular flexibility index (Phi) is 12.2. The largest absolute Gasteiger partial charge is 1.00 e. The van der Waals surface area contributed by atoms with Crippen molar-refractivity contribution in [2.24, 2.45) is 10.2 Å². The number of rotatable bonds is 10. The van der Waals surface area contributed by atoms with Crippen molar-refractivity contribution in [1.82, 2.24) is 0 Å². The summed E-state index contributed by atoms with van der Waals surface area (Å²) in [5.41, 5.74) is 6.76. The van der Waals surface area contributed by atoms with Crippen LogP contribution in [0.4, 0.5) is 11.4 Å². The van der Waals surface area contributed by atoms with E-state index < -0.39 is 0 Å². The van der Waals surface area contributed by atoms with E-state index in [9.17, 15) is 0 Å². The van der Waals surface area contributed by atoms with Crippen molar-refractivity contribution in [3.05, 3.63) is 156 Å². The molecule has 2 heterocycles. The fourth-order valence-corrected chi connectivity index (χ4v) is 4.22. The lowest BCUT2D eigenvalue weighted by molar-refractivity contribution is -0.689. The summed E-state index contributed by atoms with van der Waals surface area (Å²) < 4.78 is 4.36. The smallest absolute Gasteiger partial charge is 0.173 e. The van der Waals surface area contributed by atoms with Crippen molar-refractivity contribution < 1.29 is 33.9 Å². The number of hydrogen-bond acceptors (Lipinski definition) is 4. The van der Waals surface area contributed by atoms with Gasteiger partial charge < -0.3 is 24.8 Å². The van der Waals surface area contributed by atoms with Crippen LogP contribution in [0.2, 0.25) is 0 Å². The molecule has 0 spiro atoms. The molecule has 0 unspecified atom stereocenters. The molecule has 214 valence electrons. The third-order valence-electron chi connectivity index (χ3n) is 6.61. The van der Waals surface area contributed by atoms with Crippen molar-refractivity contribution in [2.75, 3.05) is 24.1 Å². The van der Waals surface area contributed by atoms with Crippen molar-refractivity contribution in [2.45, 2.75) is 13.1 Å². The van der Waals surface area contributed by atoms with Gasteiger partial charge in [-0.05, 0) is 24.3 Å². The molecule has 6 nitrogen and oxygen atoms in total. The molecule has 8 heteroatoms. The lowest BCUT2D eigenvalue weighted by atomic mass is 10.1. The van der Waals surface area contributed by atoms with Gasteiger partial charge in [0.15, 0.2) is 37.9 Å². The van der Waals surface area contributed by atoms with Gasteiger partial charge >= 0.3 is 0 Å². The van der Waals surface area contributed by atoms with Crippen LogP contribution in [-0.2, 0) is 13.1 Å². The fourth-order valence-electron chi connectivity index (χ4n) is 4.22. The van der Waals surface area contributed by atoms with E-state index in [4.69, 9.17) is 0 Å². The Labute approximate surface area is 260 Å². The maximum atomic E-state index is 4.54. The fraction of sp³-hybridized carbons (Fsp3) is 0.118. The van der Waals surface area contributed by atoms with Gasteiger partial charge in [0, 0.05) is 60.6 Å². The highest BCUT2D eigenvalue weighted by molar-refractivity contribution is 5.80. The van der Waals surface area contributed by atoms with Crippen molar-refractivity contribution in [3.63, 3.8) is 0 Å². The average Bonchev–Trinajstić information content (AvgIpc) is 3.02. The van der Waals surface area contributed by atoms with Gasteiger partial charge in [-0.1, -0.05) is 60.7 Å². The number of nitrogens with zero attached hydrogens (tertiary/aromatic N) is 6. The van der Waals surface area contributed by atoms with Crippen LogP contribution in [0.25, 0.3) is 0 Å². The highest BCUT2D eigenvalue weighted by Crippen LogP contribution is 2.12. The van der Waals surface area contributed by atoms with Gasteiger partial charge in [-0.2, -0.15) is 10.2 Å². The first kappa shape index (κ1) is 32.0. The summed E-state index contributed by atoms with van der Waals surface area (Å²) in [6.07, 6.45) is 12.1. The maximum Gasteiger partial charge on any atom is 0.173 e. The Balaban J connectivity index is 0.00000242. The summed E-state index contributed by atoms with van der Waals surface area (Å²) in [5.74, 6) is 0. The van der Waals surface area contributed by atoms with Crippen LogP contribution in [0, 0.1) is 0 Å². The number of hydrazone groups is 2. The zero-order valence-electron chi connectivity index (χ0n) is 23.7. The van der Waals surface area contributed by atoms with Crippen LogP contribution >= 0.6 is 0 Å². The van der Waals surface area contributed by atoms with Gasteiger partial charge in [0.05, 0.1) is 23.8 Å². The molecule has 0 aliphatic rings. The standard InChI is InChI=1S/C34H34N6.2ClH/c1-37(33-9-5-3-6-10-33)35-25-29-17-21-39(22-18-29)27-31-13-15-32(16-14-31)28-40-23-19-30(20-24-40)26-36-38(2)34-11-7-4-8-12-34;;/h3-26H,27-28H2,1-2H3;2*1H/q+2;;/p-2. The molecular weight excluding hydrogens is 563 g/mol. The molecule has 42 heavy (non-hydrogen) atoms. The molecule has 0 amide bonds. The van der Waals surface area contributed by atoms with E-state index in [2.05, 4.69) is 92.7 Å². The highest BCUT2D eigenvalue weighted by Gasteiger charge is 2.07. The molecule has 0 aliphatic heterocycles. The van der Waals surface area contributed by atoms with Gasteiger partial charge in [-0.15, -0.1) is 0 Å². The Hall–Kier alpha value is -4.52. The van der Waals surface area contributed by atoms with Gasteiger partial charge in [0.25, 0.3) is 0 Å².